The van der Waals surface area contributed by atoms with Gasteiger partial charge in [0.1, 0.15) is 11.3 Å². The maximum Gasteiger partial charge on any atom is 0.295 e. The number of amides is 1. The van der Waals surface area contributed by atoms with Crippen molar-refractivity contribution in [2.75, 3.05) is 42.9 Å². The molecule has 1 amide bonds. The van der Waals surface area contributed by atoms with Crippen LogP contribution in [0.5, 0.6) is 0 Å². The SMILES string of the molecule is O=C(CCNc1nc2ccccc2o1)N1CCN(c2ccccn2)CC1. The van der Waals surface area contributed by atoms with Crippen molar-refractivity contribution in [1.29, 1.82) is 0 Å². The maximum atomic E-state index is 12.4. The molecule has 0 unspecified atom stereocenters. The van der Waals surface area contributed by atoms with Gasteiger partial charge in [0.15, 0.2) is 5.58 Å². The van der Waals surface area contributed by atoms with Gasteiger partial charge in [-0.25, -0.2) is 4.98 Å². The largest absolute Gasteiger partial charge is 0.424 e. The molecule has 1 N–H and O–H groups in total. The number of para-hydroxylation sites is 2. The van der Waals surface area contributed by atoms with Gasteiger partial charge in [0.05, 0.1) is 0 Å². The molecule has 1 aliphatic heterocycles. The summed E-state index contributed by atoms with van der Waals surface area (Å²) in [6, 6.07) is 14.0. The number of carbonyl (C=O) groups excluding carboxylic acids is 1. The van der Waals surface area contributed by atoms with E-state index in [-0.39, 0.29) is 5.91 Å². The number of pyridine rings is 1. The van der Waals surface area contributed by atoms with E-state index in [1.807, 2.05) is 47.4 Å². The molecule has 4 rings (SSSR count). The smallest absolute Gasteiger partial charge is 0.295 e. The predicted molar refractivity (Wildman–Crippen MR) is 100 cm³/mol. The molecular weight excluding hydrogens is 330 g/mol. The van der Waals surface area contributed by atoms with E-state index in [0.29, 0.717) is 19.0 Å². The molecule has 134 valence electrons. The van der Waals surface area contributed by atoms with Crippen LogP contribution in [0, 0.1) is 0 Å². The molecule has 3 aromatic rings. The Kier molecular flexibility index (Phi) is 4.68. The van der Waals surface area contributed by atoms with Gasteiger partial charge in [-0.15, -0.1) is 0 Å². The van der Waals surface area contributed by atoms with Crippen LogP contribution in [-0.4, -0.2) is 53.5 Å². The van der Waals surface area contributed by atoms with Crippen molar-refractivity contribution in [3.63, 3.8) is 0 Å². The van der Waals surface area contributed by atoms with Crippen LogP contribution >= 0.6 is 0 Å². The third kappa shape index (κ3) is 3.61. The number of oxazole rings is 1. The molecule has 0 saturated carbocycles. The van der Waals surface area contributed by atoms with Crippen molar-refractivity contribution in [2.24, 2.45) is 0 Å². The Hall–Kier alpha value is -3.09. The van der Waals surface area contributed by atoms with E-state index in [2.05, 4.69) is 20.2 Å². The van der Waals surface area contributed by atoms with Crippen molar-refractivity contribution < 1.29 is 9.21 Å². The van der Waals surface area contributed by atoms with Crippen LogP contribution < -0.4 is 10.2 Å². The number of piperazine rings is 1. The molecule has 0 aliphatic carbocycles. The molecule has 0 bridgehead atoms. The summed E-state index contributed by atoms with van der Waals surface area (Å²) in [6.07, 6.45) is 2.22. The van der Waals surface area contributed by atoms with E-state index in [1.165, 1.54) is 0 Å². The number of nitrogens with one attached hydrogen (secondary N) is 1. The Morgan fingerprint density at radius 1 is 1.08 bits per heavy atom. The summed E-state index contributed by atoms with van der Waals surface area (Å²) in [5.74, 6) is 1.12. The summed E-state index contributed by atoms with van der Waals surface area (Å²) in [7, 11) is 0. The molecule has 26 heavy (non-hydrogen) atoms. The van der Waals surface area contributed by atoms with Crippen LogP contribution in [0.2, 0.25) is 0 Å². The molecule has 1 saturated heterocycles. The third-order valence-electron chi connectivity index (χ3n) is 4.51. The van der Waals surface area contributed by atoms with E-state index >= 15 is 0 Å². The zero-order chi connectivity index (χ0) is 17.8. The van der Waals surface area contributed by atoms with Crippen LogP contribution in [-0.2, 0) is 4.79 Å². The number of hydrogen-bond acceptors (Lipinski definition) is 6. The molecular formula is C19H21N5O2. The van der Waals surface area contributed by atoms with Gasteiger partial charge in [-0.3, -0.25) is 4.79 Å². The highest BCUT2D eigenvalue weighted by Gasteiger charge is 2.21. The summed E-state index contributed by atoms with van der Waals surface area (Å²) in [5, 5.41) is 3.09. The second-order valence-corrected chi connectivity index (χ2v) is 6.22. The monoisotopic (exact) mass is 351 g/mol. The average molecular weight is 351 g/mol. The fourth-order valence-corrected chi connectivity index (χ4v) is 3.11. The maximum absolute atomic E-state index is 12.4. The number of fused-ring (bicyclic) bond motifs is 1. The Morgan fingerprint density at radius 2 is 1.88 bits per heavy atom. The zero-order valence-corrected chi connectivity index (χ0v) is 14.5. The van der Waals surface area contributed by atoms with Gasteiger partial charge in [0, 0.05) is 45.3 Å². The van der Waals surface area contributed by atoms with Crippen molar-refractivity contribution in [3.05, 3.63) is 48.7 Å². The lowest BCUT2D eigenvalue weighted by Gasteiger charge is -2.35. The number of benzene rings is 1. The fraction of sp³-hybridized carbons (Fsp3) is 0.316. The molecule has 1 fully saturated rings. The Balaban J connectivity index is 1.24. The minimum absolute atomic E-state index is 0.147. The van der Waals surface area contributed by atoms with Crippen LogP contribution in [0.15, 0.2) is 53.1 Å². The molecule has 0 spiro atoms. The summed E-state index contributed by atoms with van der Waals surface area (Å²) in [6.45, 7) is 3.56. The molecule has 7 heteroatoms. The highest BCUT2D eigenvalue weighted by atomic mass is 16.4. The summed E-state index contributed by atoms with van der Waals surface area (Å²) in [4.78, 5) is 25.2. The lowest BCUT2D eigenvalue weighted by atomic mass is 10.2. The molecule has 7 nitrogen and oxygen atoms in total. The fourth-order valence-electron chi connectivity index (χ4n) is 3.11. The van der Waals surface area contributed by atoms with Gasteiger partial charge in [-0.05, 0) is 24.3 Å². The van der Waals surface area contributed by atoms with E-state index in [0.717, 1.165) is 43.1 Å². The van der Waals surface area contributed by atoms with Gasteiger partial charge < -0.3 is 19.5 Å². The predicted octanol–water partition coefficient (Wildman–Crippen LogP) is 2.37. The van der Waals surface area contributed by atoms with Crippen molar-refractivity contribution >= 4 is 28.8 Å². The van der Waals surface area contributed by atoms with Crippen molar-refractivity contribution in [1.82, 2.24) is 14.9 Å². The number of nitrogens with zero attached hydrogens (tertiary/aromatic N) is 4. The average Bonchev–Trinajstić information content (AvgIpc) is 3.11. The molecule has 2 aromatic heterocycles. The molecule has 1 aliphatic rings. The lowest BCUT2D eigenvalue weighted by molar-refractivity contribution is -0.131. The Morgan fingerprint density at radius 3 is 2.65 bits per heavy atom. The topological polar surface area (TPSA) is 74.5 Å². The van der Waals surface area contributed by atoms with Gasteiger partial charge in [-0.2, -0.15) is 4.98 Å². The van der Waals surface area contributed by atoms with Crippen LogP contribution in [0.4, 0.5) is 11.8 Å². The molecule has 3 heterocycles. The van der Waals surface area contributed by atoms with Crippen LogP contribution in [0.25, 0.3) is 11.1 Å². The van der Waals surface area contributed by atoms with E-state index in [4.69, 9.17) is 4.42 Å². The minimum atomic E-state index is 0.147. The number of rotatable bonds is 5. The highest BCUT2D eigenvalue weighted by molar-refractivity contribution is 5.77. The van der Waals surface area contributed by atoms with Crippen molar-refractivity contribution in [3.8, 4) is 0 Å². The number of anilines is 2. The first kappa shape index (κ1) is 16.4. The second kappa shape index (κ2) is 7.43. The Labute approximate surface area is 151 Å². The quantitative estimate of drug-likeness (QED) is 0.761. The number of hydrogen-bond donors (Lipinski definition) is 1. The lowest BCUT2D eigenvalue weighted by Crippen LogP contribution is -2.49. The normalized spacial score (nSPS) is 14.6. The zero-order valence-electron chi connectivity index (χ0n) is 14.5. The van der Waals surface area contributed by atoms with Gasteiger partial charge in [0.2, 0.25) is 5.91 Å². The first-order valence-corrected chi connectivity index (χ1v) is 8.83. The molecule has 0 radical (unpaired) electrons. The minimum Gasteiger partial charge on any atom is -0.424 e. The number of aromatic nitrogens is 2. The highest BCUT2D eigenvalue weighted by Crippen LogP contribution is 2.18. The van der Waals surface area contributed by atoms with Crippen LogP contribution in [0.3, 0.4) is 0 Å². The third-order valence-corrected chi connectivity index (χ3v) is 4.51. The van der Waals surface area contributed by atoms with E-state index in [1.54, 1.807) is 6.20 Å². The molecule has 1 aromatic carbocycles. The molecule has 0 atom stereocenters. The van der Waals surface area contributed by atoms with E-state index in [9.17, 15) is 4.79 Å². The van der Waals surface area contributed by atoms with Gasteiger partial charge >= 0.3 is 0 Å². The standard InChI is InChI=1S/C19H21N5O2/c25-18(8-10-21-19-22-15-5-1-2-6-16(15)26-19)24-13-11-23(12-14-24)17-7-3-4-9-20-17/h1-7,9H,8,10-14H2,(H,21,22). The summed E-state index contributed by atoms with van der Waals surface area (Å²) in [5.41, 5.74) is 1.55. The van der Waals surface area contributed by atoms with E-state index < -0.39 is 0 Å². The Bertz CT molecular complexity index is 839. The first-order valence-electron chi connectivity index (χ1n) is 8.83. The summed E-state index contributed by atoms with van der Waals surface area (Å²) >= 11 is 0. The summed E-state index contributed by atoms with van der Waals surface area (Å²) < 4.78 is 5.60. The van der Waals surface area contributed by atoms with Crippen molar-refractivity contribution in [2.45, 2.75) is 6.42 Å². The van der Waals surface area contributed by atoms with Crippen LogP contribution in [0.1, 0.15) is 6.42 Å². The number of carbonyl (C=O) groups is 1. The van der Waals surface area contributed by atoms with Gasteiger partial charge in [0.25, 0.3) is 6.01 Å². The second-order valence-electron chi connectivity index (χ2n) is 6.22. The first-order chi connectivity index (χ1) is 12.8. The van der Waals surface area contributed by atoms with Gasteiger partial charge in [-0.1, -0.05) is 18.2 Å².